The zero-order valence-electron chi connectivity index (χ0n) is 16.3. The molecule has 5 nitrogen and oxygen atoms in total. The van der Waals surface area contributed by atoms with E-state index in [-0.39, 0.29) is 5.56 Å². The smallest absolute Gasteiger partial charge is 0.270 e. The van der Waals surface area contributed by atoms with Gasteiger partial charge >= 0.3 is 0 Å². The number of H-pyrrole nitrogens is 1. The molecule has 1 saturated heterocycles. The molecule has 1 aliphatic rings. The van der Waals surface area contributed by atoms with Gasteiger partial charge in [0.15, 0.2) is 0 Å². The summed E-state index contributed by atoms with van der Waals surface area (Å²) >= 11 is 1.46. The van der Waals surface area contributed by atoms with E-state index in [0.717, 1.165) is 42.8 Å². The Morgan fingerprint density at radius 1 is 0.931 bits per heavy atom. The molecule has 4 aromatic rings. The second-order valence-corrected chi connectivity index (χ2v) is 8.27. The van der Waals surface area contributed by atoms with Crippen LogP contribution in [0.1, 0.15) is 5.56 Å². The number of fused-ring (bicyclic) bond motifs is 1. The summed E-state index contributed by atoms with van der Waals surface area (Å²) in [6.07, 6.45) is 0. The molecule has 5 rings (SSSR count). The van der Waals surface area contributed by atoms with Crippen molar-refractivity contribution in [2.45, 2.75) is 6.92 Å². The fourth-order valence-electron chi connectivity index (χ4n) is 3.82. The van der Waals surface area contributed by atoms with Gasteiger partial charge in [0.1, 0.15) is 4.70 Å². The van der Waals surface area contributed by atoms with Crippen LogP contribution < -0.4 is 15.4 Å². The number of piperazine rings is 1. The number of aromatic amines is 1. The molecular weight excluding hydrogens is 380 g/mol. The van der Waals surface area contributed by atoms with E-state index in [1.54, 1.807) is 0 Å². The van der Waals surface area contributed by atoms with E-state index in [1.807, 2.05) is 11.4 Å². The number of nitrogens with one attached hydrogen (secondary N) is 1. The van der Waals surface area contributed by atoms with E-state index in [0.29, 0.717) is 10.6 Å². The summed E-state index contributed by atoms with van der Waals surface area (Å²) in [5.74, 6) is 0.668. The maximum atomic E-state index is 12.7. The number of rotatable bonds is 3. The molecule has 2 aromatic carbocycles. The lowest BCUT2D eigenvalue weighted by atomic mass is 10.1. The minimum absolute atomic E-state index is 0.0566. The lowest BCUT2D eigenvalue weighted by Gasteiger charge is -2.36. The van der Waals surface area contributed by atoms with Crippen LogP contribution in [0.25, 0.3) is 21.3 Å². The Hall–Kier alpha value is -3.12. The molecular formula is C23H22N4OS. The second-order valence-electron chi connectivity index (χ2n) is 7.39. The van der Waals surface area contributed by atoms with Gasteiger partial charge in [0.05, 0.1) is 5.52 Å². The van der Waals surface area contributed by atoms with Gasteiger partial charge in [0.2, 0.25) is 5.95 Å². The van der Waals surface area contributed by atoms with Crippen molar-refractivity contribution in [3.8, 4) is 11.1 Å². The molecule has 1 aliphatic heterocycles. The molecule has 1 N–H and O–H groups in total. The maximum Gasteiger partial charge on any atom is 0.270 e. The predicted molar refractivity (Wildman–Crippen MR) is 121 cm³/mol. The van der Waals surface area contributed by atoms with Crippen LogP contribution in [0.2, 0.25) is 0 Å². The lowest BCUT2D eigenvalue weighted by molar-refractivity contribution is 0.640. The van der Waals surface area contributed by atoms with Crippen LogP contribution in [-0.2, 0) is 0 Å². The van der Waals surface area contributed by atoms with Crippen molar-refractivity contribution in [1.29, 1.82) is 0 Å². The van der Waals surface area contributed by atoms with Crippen molar-refractivity contribution in [2.24, 2.45) is 0 Å². The number of benzene rings is 2. The van der Waals surface area contributed by atoms with Crippen molar-refractivity contribution in [1.82, 2.24) is 9.97 Å². The fourth-order valence-corrected chi connectivity index (χ4v) is 4.73. The van der Waals surface area contributed by atoms with Crippen molar-refractivity contribution < 1.29 is 0 Å². The Labute approximate surface area is 173 Å². The average molecular weight is 403 g/mol. The van der Waals surface area contributed by atoms with Crippen molar-refractivity contribution in [3.05, 3.63) is 75.9 Å². The highest BCUT2D eigenvalue weighted by Crippen LogP contribution is 2.32. The summed E-state index contributed by atoms with van der Waals surface area (Å²) in [7, 11) is 0. The second kappa shape index (κ2) is 7.37. The minimum atomic E-state index is -0.0566. The highest BCUT2D eigenvalue weighted by Gasteiger charge is 2.21. The molecule has 6 heteroatoms. The van der Waals surface area contributed by atoms with Gasteiger partial charge in [-0.25, -0.2) is 4.98 Å². The topological polar surface area (TPSA) is 52.2 Å². The zero-order valence-corrected chi connectivity index (χ0v) is 17.1. The van der Waals surface area contributed by atoms with Crippen molar-refractivity contribution in [3.63, 3.8) is 0 Å². The van der Waals surface area contributed by atoms with E-state index in [2.05, 4.69) is 70.2 Å². The maximum absolute atomic E-state index is 12.7. The highest BCUT2D eigenvalue weighted by atomic mass is 32.1. The number of aromatic nitrogens is 2. The highest BCUT2D eigenvalue weighted by molar-refractivity contribution is 7.17. The third-order valence-corrected chi connectivity index (χ3v) is 6.45. The molecule has 0 radical (unpaired) electrons. The number of para-hydroxylation sites is 1. The van der Waals surface area contributed by atoms with Crippen LogP contribution in [0.15, 0.2) is 64.8 Å². The lowest BCUT2D eigenvalue weighted by Crippen LogP contribution is -2.47. The molecule has 29 heavy (non-hydrogen) atoms. The summed E-state index contributed by atoms with van der Waals surface area (Å²) in [5.41, 5.74) is 5.32. The first-order valence-electron chi connectivity index (χ1n) is 9.82. The van der Waals surface area contributed by atoms with Crippen molar-refractivity contribution >= 4 is 33.2 Å². The monoisotopic (exact) mass is 402 g/mol. The Morgan fingerprint density at radius 2 is 1.62 bits per heavy atom. The first-order chi connectivity index (χ1) is 14.2. The van der Waals surface area contributed by atoms with Gasteiger partial charge in [-0.1, -0.05) is 48.0 Å². The van der Waals surface area contributed by atoms with Crippen LogP contribution in [0, 0.1) is 6.92 Å². The number of hydrogen-bond donors (Lipinski definition) is 1. The molecule has 0 amide bonds. The summed E-state index contributed by atoms with van der Waals surface area (Å²) in [4.78, 5) is 25.1. The third kappa shape index (κ3) is 3.40. The normalized spacial score (nSPS) is 14.5. The van der Waals surface area contributed by atoms with Gasteiger partial charge in [0.25, 0.3) is 5.56 Å². The number of aryl methyl sites for hydroxylation is 1. The van der Waals surface area contributed by atoms with Gasteiger partial charge in [0, 0.05) is 42.8 Å². The van der Waals surface area contributed by atoms with E-state index < -0.39 is 0 Å². The summed E-state index contributed by atoms with van der Waals surface area (Å²) in [5, 5.41) is 2.04. The molecule has 146 valence electrons. The van der Waals surface area contributed by atoms with Gasteiger partial charge in [-0.15, -0.1) is 11.3 Å². The van der Waals surface area contributed by atoms with E-state index in [9.17, 15) is 4.79 Å². The third-order valence-electron chi connectivity index (χ3n) is 5.48. The fraction of sp³-hybridized carbons (Fsp3) is 0.217. The molecule has 0 atom stereocenters. The van der Waals surface area contributed by atoms with E-state index in [4.69, 9.17) is 4.98 Å². The molecule has 1 fully saturated rings. The molecule has 0 bridgehead atoms. The Bertz CT molecular complexity index is 1190. The van der Waals surface area contributed by atoms with Gasteiger partial charge in [-0.05, 0) is 24.6 Å². The SMILES string of the molecule is Cc1ccc(-c2csc3c(=O)[nH]c(N4CCN(c5ccccc5)CC4)nc23)cc1. The van der Waals surface area contributed by atoms with Gasteiger partial charge in [-0.2, -0.15) is 0 Å². The van der Waals surface area contributed by atoms with Crippen LogP contribution in [0.5, 0.6) is 0 Å². The molecule has 3 heterocycles. The molecule has 0 unspecified atom stereocenters. The summed E-state index contributed by atoms with van der Waals surface area (Å²) in [6.45, 7) is 5.53. The number of hydrogen-bond acceptors (Lipinski definition) is 5. The Kier molecular flexibility index (Phi) is 4.56. The summed E-state index contributed by atoms with van der Waals surface area (Å²) < 4.78 is 0.687. The van der Waals surface area contributed by atoms with Crippen molar-refractivity contribution in [2.75, 3.05) is 36.0 Å². The standard InChI is InChI=1S/C23H22N4OS/c1-16-7-9-17(10-8-16)19-15-29-21-20(19)24-23(25-22(21)28)27-13-11-26(12-14-27)18-5-3-2-4-6-18/h2-10,15H,11-14H2,1H3,(H,24,25,28). The van der Waals surface area contributed by atoms with Crippen LogP contribution in [0.3, 0.4) is 0 Å². The zero-order chi connectivity index (χ0) is 19.8. The molecule has 0 spiro atoms. The number of nitrogens with zero attached hydrogens (tertiary/aromatic N) is 3. The number of anilines is 2. The van der Waals surface area contributed by atoms with Gasteiger partial charge < -0.3 is 9.80 Å². The van der Waals surface area contributed by atoms with E-state index >= 15 is 0 Å². The molecule has 2 aromatic heterocycles. The Morgan fingerprint density at radius 3 is 2.34 bits per heavy atom. The number of thiophene rings is 1. The first kappa shape index (κ1) is 17.9. The van der Waals surface area contributed by atoms with Gasteiger partial charge in [-0.3, -0.25) is 9.78 Å². The minimum Gasteiger partial charge on any atom is -0.368 e. The van der Waals surface area contributed by atoms with Crippen LogP contribution in [0.4, 0.5) is 11.6 Å². The Balaban J connectivity index is 1.45. The predicted octanol–water partition coefficient (Wildman–Crippen LogP) is 4.29. The van der Waals surface area contributed by atoms with E-state index in [1.165, 1.54) is 22.6 Å². The quantitative estimate of drug-likeness (QED) is 0.556. The average Bonchev–Trinajstić information content (AvgIpc) is 3.20. The summed E-state index contributed by atoms with van der Waals surface area (Å²) in [6, 6.07) is 18.8. The molecule has 0 aliphatic carbocycles. The first-order valence-corrected chi connectivity index (χ1v) is 10.7. The molecule has 0 saturated carbocycles. The largest absolute Gasteiger partial charge is 0.368 e. The van der Waals surface area contributed by atoms with Crippen LogP contribution in [-0.4, -0.2) is 36.1 Å². The van der Waals surface area contributed by atoms with Crippen LogP contribution >= 0.6 is 11.3 Å².